The molecule has 1 amide bonds. The fourth-order valence-electron chi connectivity index (χ4n) is 3.39. The number of rotatable bonds is 2. The smallest absolute Gasteiger partial charge is 0.410 e. The minimum atomic E-state index is -0.470. The molecule has 0 unspecified atom stereocenters. The summed E-state index contributed by atoms with van der Waals surface area (Å²) in [7, 11) is 0. The third-order valence-electron chi connectivity index (χ3n) is 4.85. The van der Waals surface area contributed by atoms with Gasteiger partial charge in [0.25, 0.3) is 0 Å². The van der Waals surface area contributed by atoms with Crippen molar-refractivity contribution < 1.29 is 9.53 Å². The monoisotopic (exact) mass is 413 g/mol. The maximum absolute atomic E-state index is 12.2. The van der Waals surface area contributed by atoms with E-state index in [0.717, 1.165) is 41.1 Å². The Morgan fingerprint density at radius 3 is 2.41 bits per heavy atom. The number of nitrogens with one attached hydrogen (secondary N) is 1. The fraction of sp³-hybridized carbons (Fsp3) is 0.381. The summed E-state index contributed by atoms with van der Waals surface area (Å²) < 4.78 is 5.46. The van der Waals surface area contributed by atoms with Crippen LogP contribution in [0.5, 0.6) is 0 Å². The molecule has 1 aliphatic rings. The predicted octanol–water partition coefficient (Wildman–Crippen LogP) is 4.34. The molecule has 29 heavy (non-hydrogen) atoms. The van der Waals surface area contributed by atoms with E-state index in [2.05, 4.69) is 44.1 Å². The first-order valence-corrected chi connectivity index (χ1v) is 10.0. The van der Waals surface area contributed by atoms with Gasteiger partial charge in [0.05, 0.1) is 5.39 Å². The Hall–Kier alpha value is -2.80. The Bertz CT molecular complexity index is 1020. The molecule has 1 fully saturated rings. The number of carbonyl (C=O) groups excluding carboxylic acids is 1. The molecule has 0 spiro atoms. The van der Waals surface area contributed by atoms with Crippen LogP contribution in [0.1, 0.15) is 20.8 Å². The number of hydrogen-bond acceptors (Lipinski definition) is 5. The summed E-state index contributed by atoms with van der Waals surface area (Å²) in [4.78, 5) is 27.8. The van der Waals surface area contributed by atoms with Crippen LogP contribution < -0.4 is 4.90 Å². The summed E-state index contributed by atoms with van der Waals surface area (Å²) in [6.45, 7) is 8.50. The van der Waals surface area contributed by atoms with Gasteiger partial charge in [-0.1, -0.05) is 23.7 Å². The van der Waals surface area contributed by atoms with Crippen molar-refractivity contribution in [3.05, 3.63) is 41.8 Å². The van der Waals surface area contributed by atoms with Crippen LogP contribution in [0.15, 0.2) is 36.7 Å². The van der Waals surface area contributed by atoms with Crippen molar-refractivity contribution in [2.45, 2.75) is 26.4 Å². The second kappa shape index (κ2) is 7.55. The first-order chi connectivity index (χ1) is 13.8. The average Bonchev–Trinajstić information content (AvgIpc) is 3.13. The molecule has 3 heterocycles. The van der Waals surface area contributed by atoms with Crippen LogP contribution in [-0.4, -0.2) is 57.7 Å². The highest BCUT2D eigenvalue weighted by atomic mass is 35.5. The van der Waals surface area contributed by atoms with Gasteiger partial charge in [0.1, 0.15) is 22.7 Å². The lowest BCUT2D eigenvalue weighted by molar-refractivity contribution is 0.0240. The zero-order valence-electron chi connectivity index (χ0n) is 16.8. The molecule has 152 valence electrons. The van der Waals surface area contributed by atoms with Crippen LogP contribution in [0.3, 0.4) is 0 Å². The van der Waals surface area contributed by atoms with E-state index in [0.29, 0.717) is 18.2 Å². The molecule has 0 bridgehead atoms. The second-order valence-electron chi connectivity index (χ2n) is 8.11. The number of benzene rings is 1. The van der Waals surface area contributed by atoms with Crippen molar-refractivity contribution in [1.82, 2.24) is 19.9 Å². The highest BCUT2D eigenvalue weighted by molar-refractivity contribution is 6.34. The first-order valence-electron chi connectivity index (χ1n) is 9.63. The van der Waals surface area contributed by atoms with Crippen LogP contribution in [0.2, 0.25) is 5.15 Å². The van der Waals surface area contributed by atoms with Gasteiger partial charge in [0.2, 0.25) is 0 Å². The van der Waals surface area contributed by atoms with Gasteiger partial charge in [-0.25, -0.2) is 14.8 Å². The molecule has 1 aromatic carbocycles. The molecule has 1 N–H and O–H groups in total. The van der Waals surface area contributed by atoms with Gasteiger partial charge in [-0.15, -0.1) is 0 Å². The van der Waals surface area contributed by atoms with Crippen LogP contribution >= 0.6 is 11.6 Å². The minimum Gasteiger partial charge on any atom is -0.444 e. The van der Waals surface area contributed by atoms with Crippen molar-refractivity contribution in [3.63, 3.8) is 0 Å². The van der Waals surface area contributed by atoms with Crippen LogP contribution in [0, 0.1) is 0 Å². The van der Waals surface area contributed by atoms with E-state index < -0.39 is 5.60 Å². The standard InChI is InChI=1S/C21H24ClN5O2/c1-21(2,3)29-20(28)27-10-8-26(9-11-27)15-6-4-14(5-7-15)17-12-16-18(22)23-13-24-19(16)25-17/h4-7,12-13H,8-11H2,1-3H3,(H,23,24,25). The summed E-state index contributed by atoms with van der Waals surface area (Å²) in [6.07, 6.45) is 1.21. The van der Waals surface area contributed by atoms with Crippen LogP contribution in [0.4, 0.5) is 10.5 Å². The third kappa shape index (κ3) is 4.29. The number of aromatic nitrogens is 3. The van der Waals surface area contributed by atoms with E-state index in [1.165, 1.54) is 6.33 Å². The molecular weight excluding hydrogens is 390 g/mol. The number of halogens is 1. The van der Waals surface area contributed by atoms with Crippen molar-refractivity contribution in [1.29, 1.82) is 0 Å². The van der Waals surface area contributed by atoms with Crippen molar-refractivity contribution in [3.8, 4) is 11.3 Å². The molecule has 0 saturated carbocycles. The number of H-pyrrole nitrogens is 1. The van der Waals surface area contributed by atoms with Gasteiger partial charge in [0.15, 0.2) is 0 Å². The second-order valence-corrected chi connectivity index (χ2v) is 8.47. The molecule has 1 saturated heterocycles. The van der Waals surface area contributed by atoms with Gasteiger partial charge in [-0.05, 0) is 44.5 Å². The van der Waals surface area contributed by atoms with Crippen LogP contribution in [0.25, 0.3) is 22.3 Å². The number of nitrogens with zero attached hydrogens (tertiary/aromatic N) is 4. The average molecular weight is 414 g/mol. The van der Waals surface area contributed by atoms with Gasteiger partial charge in [0, 0.05) is 37.6 Å². The molecule has 0 radical (unpaired) electrons. The zero-order chi connectivity index (χ0) is 20.6. The Balaban J connectivity index is 1.42. The minimum absolute atomic E-state index is 0.243. The fourth-order valence-corrected chi connectivity index (χ4v) is 3.58. The first kappa shape index (κ1) is 19.5. The van der Waals surface area contributed by atoms with Crippen molar-refractivity contribution >= 4 is 34.4 Å². The SMILES string of the molecule is CC(C)(C)OC(=O)N1CCN(c2ccc(-c3cc4c(Cl)ncnc4[nH]3)cc2)CC1. The van der Waals surface area contributed by atoms with E-state index in [1.807, 2.05) is 26.8 Å². The van der Waals surface area contributed by atoms with E-state index >= 15 is 0 Å². The number of carbonyl (C=O) groups is 1. The molecule has 2 aromatic heterocycles. The number of fused-ring (bicyclic) bond motifs is 1. The quantitative estimate of drug-likeness (QED) is 0.633. The van der Waals surface area contributed by atoms with E-state index in [-0.39, 0.29) is 6.09 Å². The van der Waals surface area contributed by atoms with Crippen LogP contribution in [-0.2, 0) is 4.74 Å². The summed E-state index contributed by atoms with van der Waals surface area (Å²) in [5.74, 6) is 0. The maximum atomic E-state index is 12.2. The molecule has 3 aromatic rings. The predicted molar refractivity (Wildman–Crippen MR) is 114 cm³/mol. The number of amides is 1. The van der Waals surface area contributed by atoms with Crippen molar-refractivity contribution in [2.75, 3.05) is 31.1 Å². The van der Waals surface area contributed by atoms with E-state index in [4.69, 9.17) is 16.3 Å². The van der Waals surface area contributed by atoms with Crippen molar-refractivity contribution in [2.24, 2.45) is 0 Å². The van der Waals surface area contributed by atoms with E-state index in [9.17, 15) is 4.79 Å². The third-order valence-corrected chi connectivity index (χ3v) is 5.15. The summed E-state index contributed by atoms with van der Waals surface area (Å²) in [5, 5.41) is 1.25. The van der Waals surface area contributed by atoms with E-state index in [1.54, 1.807) is 4.90 Å². The Labute approximate surface area is 174 Å². The van der Waals surface area contributed by atoms with Gasteiger partial charge in [-0.3, -0.25) is 0 Å². The largest absolute Gasteiger partial charge is 0.444 e. The zero-order valence-corrected chi connectivity index (χ0v) is 17.5. The lowest BCUT2D eigenvalue weighted by Gasteiger charge is -2.36. The lowest BCUT2D eigenvalue weighted by Crippen LogP contribution is -2.50. The number of hydrogen-bond donors (Lipinski definition) is 1. The maximum Gasteiger partial charge on any atom is 0.410 e. The van der Waals surface area contributed by atoms with Gasteiger partial charge < -0.3 is 19.5 Å². The molecule has 7 nitrogen and oxygen atoms in total. The summed E-state index contributed by atoms with van der Waals surface area (Å²) >= 11 is 6.14. The number of piperazine rings is 1. The number of aromatic amines is 1. The molecule has 8 heteroatoms. The number of ether oxygens (including phenoxy) is 1. The molecular formula is C21H24ClN5O2. The summed E-state index contributed by atoms with van der Waals surface area (Å²) in [6, 6.07) is 10.3. The lowest BCUT2D eigenvalue weighted by atomic mass is 10.1. The van der Waals surface area contributed by atoms with Gasteiger partial charge in [-0.2, -0.15) is 0 Å². The number of anilines is 1. The Kier molecular flexibility index (Phi) is 5.08. The normalized spacial score (nSPS) is 15.0. The van der Waals surface area contributed by atoms with Gasteiger partial charge >= 0.3 is 6.09 Å². The summed E-state index contributed by atoms with van der Waals surface area (Å²) in [5.41, 5.74) is 3.38. The molecule has 0 aliphatic carbocycles. The highest BCUT2D eigenvalue weighted by Crippen LogP contribution is 2.28. The highest BCUT2D eigenvalue weighted by Gasteiger charge is 2.26. The molecule has 4 rings (SSSR count). The Morgan fingerprint density at radius 1 is 1.10 bits per heavy atom. The molecule has 1 aliphatic heterocycles. The Morgan fingerprint density at radius 2 is 1.79 bits per heavy atom. The topological polar surface area (TPSA) is 74.3 Å². The molecule has 0 atom stereocenters.